The van der Waals surface area contributed by atoms with E-state index in [-0.39, 0.29) is 56.0 Å². The SMILES string of the molecule is COc1ccc(N(CCCCC(C)(C)CN(C[C@@H](O)[C@H](Cc2ccccc2)NC(=O)O[C@H]2CO[C@H]3OCC[C@H]32)S(=O)(=O)c2ccc3c(c2)OCO3)C(=O)[O-])cc1. The molecule has 0 radical (unpaired) electrons. The number of alkyl carbamates (subject to hydrolysis) is 1. The van der Waals surface area contributed by atoms with E-state index in [4.69, 9.17) is 28.4 Å². The summed E-state index contributed by atoms with van der Waals surface area (Å²) in [6.45, 7) is 4.31. The summed E-state index contributed by atoms with van der Waals surface area (Å²) in [6, 6.07) is 19.3. The molecule has 0 unspecified atom stereocenters. The third-order valence-electron chi connectivity index (χ3n) is 10.4. The largest absolute Gasteiger partial charge is 0.530 e. The minimum absolute atomic E-state index is 0.00546. The van der Waals surface area contributed by atoms with E-state index in [0.717, 1.165) is 10.5 Å². The van der Waals surface area contributed by atoms with Crippen molar-refractivity contribution in [2.45, 2.75) is 75.4 Å². The zero-order valence-corrected chi connectivity index (χ0v) is 32.7. The zero-order valence-electron chi connectivity index (χ0n) is 31.8. The van der Waals surface area contributed by atoms with Crippen LogP contribution in [0.15, 0.2) is 77.7 Å². The number of fused-ring (bicyclic) bond motifs is 2. The number of unbranched alkanes of at least 4 members (excludes halogenated alkanes) is 1. The molecule has 2 saturated heterocycles. The molecule has 0 spiro atoms. The fraction of sp³-hybridized carbons (Fsp3) is 0.500. The molecule has 304 valence electrons. The molecule has 16 heteroatoms. The number of benzene rings is 3. The lowest BCUT2D eigenvalue weighted by Crippen LogP contribution is -2.52. The van der Waals surface area contributed by atoms with Crippen molar-refractivity contribution in [2.75, 3.05) is 51.7 Å². The van der Waals surface area contributed by atoms with Gasteiger partial charge in [0.05, 0.1) is 43.3 Å². The highest BCUT2D eigenvalue weighted by atomic mass is 32.2. The lowest BCUT2D eigenvalue weighted by Gasteiger charge is -2.35. The summed E-state index contributed by atoms with van der Waals surface area (Å²) in [5.74, 6) is 1.22. The van der Waals surface area contributed by atoms with Crippen LogP contribution in [-0.4, -0.2) is 101 Å². The molecule has 15 nitrogen and oxygen atoms in total. The average Bonchev–Trinajstić information content (AvgIpc) is 3.93. The van der Waals surface area contributed by atoms with Crippen molar-refractivity contribution >= 4 is 27.9 Å². The van der Waals surface area contributed by atoms with E-state index in [2.05, 4.69) is 5.32 Å². The Morgan fingerprint density at radius 3 is 2.50 bits per heavy atom. The van der Waals surface area contributed by atoms with Gasteiger partial charge >= 0.3 is 6.09 Å². The normalized spacial score (nSPS) is 20.0. The molecular formula is C40H50N3O12S-. The number of carbonyl (C=O) groups excluding carboxylic acids is 2. The van der Waals surface area contributed by atoms with Gasteiger partial charge in [-0.05, 0) is 73.1 Å². The molecule has 2 fully saturated rings. The van der Waals surface area contributed by atoms with Crippen LogP contribution in [0.2, 0.25) is 0 Å². The molecule has 0 aliphatic carbocycles. The molecule has 2 amide bonds. The van der Waals surface area contributed by atoms with Crippen LogP contribution in [0.3, 0.4) is 0 Å². The van der Waals surface area contributed by atoms with Crippen LogP contribution in [0.4, 0.5) is 15.3 Å². The number of hydrogen-bond acceptors (Lipinski definition) is 12. The second-order valence-corrected chi connectivity index (χ2v) is 17.0. The van der Waals surface area contributed by atoms with E-state index < -0.39 is 52.2 Å². The number of carbonyl (C=O) groups is 2. The average molecular weight is 797 g/mol. The predicted molar refractivity (Wildman–Crippen MR) is 202 cm³/mol. The van der Waals surface area contributed by atoms with Gasteiger partial charge in [-0.2, -0.15) is 4.31 Å². The van der Waals surface area contributed by atoms with Crippen molar-refractivity contribution in [3.63, 3.8) is 0 Å². The number of sulfonamides is 1. The highest BCUT2D eigenvalue weighted by Crippen LogP contribution is 2.36. The molecule has 0 bridgehead atoms. The highest BCUT2D eigenvalue weighted by molar-refractivity contribution is 7.89. The fourth-order valence-electron chi connectivity index (χ4n) is 7.31. The van der Waals surface area contributed by atoms with E-state index in [1.54, 1.807) is 24.3 Å². The summed E-state index contributed by atoms with van der Waals surface area (Å²) in [5, 5.41) is 26.7. The lowest BCUT2D eigenvalue weighted by molar-refractivity contribution is -0.246. The number of nitrogens with zero attached hydrogens (tertiary/aromatic N) is 2. The monoisotopic (exact) mass is 796 g/mol. The van der Waals surface area contributed by atoms with Gasteiger partial charge in [-0.3, -0.25) is 0 Å². The number of nitrogens with one attached hydrogen (secondary N) is 1. The maximum atomic E-state index is 14.5. The van der Waals surface area contributed by atoms with Gasteiger partial charge in [-0.15, -0.1) is 0 Å². The van der Waals surface area contributed by atoms with E-state index in [1.807, 2.05) is 44.2 Å². The molecule has 0 aromatic heterocycles. The van der Waals surface area contributed by atoms with Gasteiger partial charge in [-0.1, -0.05) is 50.6 Å². The Labute approximate surface area is 327 Å². The first kappa shape index (κ1) is 41.0. The van der Waals surface area contributed by atoms with E-state index in [1.165, 1.54) is 29.6 Å². The Hall–Kier alpha value is -4.61. The van der Waals surface area contributed by atoms with Crippen LogP contribution in [0.5, 0.6) is 17.2 Å². The van der Waals surface area contributed by atoms with Crippen molar-refractivity contribution < 1.29 is 56.6 Å². The Morgan fingerprint density at radius 1 is 1.02 bits per heavy atom. The fourth-order valence-corrected chi connectivity index (χ4v) is 8.97. The highest BCUT2D eigenvalue weighted by Gasteiger charge is 2.44. The molecule has 3 aromatic rings. The number of carboxylic acid groups (broad SMARTS) is 1. The molecule has 2 N–H and O–H groups in total. The number of aliphatic hydroxyl groups excluding tert-OH is 1. The van der Waals surface area contributed by atoms with Crippen molar-refractivity contribution in [3.8, 4) is 17.2 Å². The van der Waals surface area contributed by atoms with Gasteiger partial charge < -0.3 is 53.6 Å². The molecule has 3 aliphatic heterocycles. The Bertz CT molecular complexity index is 1900. The smallest absolute Gasteiger partial charge is 0.407 e. The van der Waals surface area contributed by atoms with Gasteiger partial charge in [0.1, 0.15) is 17.9 Å². The van der Waals surface area contributed by atoms with Crippen LogP contribution in [-0.2, 0) is 30.7 Å². The van der Waals surface area contributed by atoms with Crippen LogP contribution in [0.1, 0.15) is 45.1 Å². The van der Waals surface area contributed by atoms with Gasteiger partial charge in [0.15, 0.2) is 17.8 Å². The number of rotatable bonds is 18. The van der Waals surface area contributed by atoms with E-state index in [9.17, 15) is 28.2 Å². The van der Waals surface area contributed by atoms with Gasteiger partial charge in [0.25, 0.3) is 0 Å². The summed E-state index contributed by atoms with van der Waals surface area (Å²) in [6.07, 6.45) is -1.94. The molecule has 3 heterocycles. The van der Waals surface area contributed by atoms with Crippen molar-refractivity contribution in [1.82, 2.24) is 9.62 Å². The summed E-state index contributed by atoms with van der Waals surface area (Å²) < 4.78 is 63.2. The van der Waals surface area contributed by atoms with Gasteiger partial charge in [0, 0.05) is 31.4 Å². The Balaban J connectivity index is 1.18. The first-order chi connectivity index (χ1) is 26.8. The molecule has 56 heavy (non-hydrogen) atoms. The predicted octanol–water partition coefficient (Wildman–Crippen LogP) is 3.92. The minimum Gasteiger partial charge on any atom is -0.530 e. The Kier molecular flexibility index (Phi) is 13.3. The molecule has 5 atom stereocenters. The maximum Gasteiger partial charge on any atom is 0.407 e. The first-order valence-corrected chi connectivity index (χ1v) is 20.2. The molecule has 6 rings (SSSR count). The molecular weight excluding hydrogens is 747 g/mol. The zero-order chi connectivity index (χ0) is 39.9. The van der Waals surface area contributed by atoms with Crippen molar-refractivity contribution in [2.24, 2.45) is 11.3 Å². The molecule has 3 aliphatic rings. The van der Waals surface area contributed by atoms with Crippen molar-refractivity contribution in [1.29, 1.82) is 0 Å². The standard InChI is InChI=1S/C40H51N3O12S/c1-40(2,18-7-8-19-43(39(46)47)28-11-13-29(50-3)14-12-28)25-42(56(48,49)30-15-16-34-35(22-30)54-26-53-34)23-33(44)32(21-27-9-5-4-6-10-27)41-38(45)55-36-24-52-37-31(36)17-20-51-37/h4-6,9-16,22,31-33,36-37,44H,7-8,17-21,23-26H2,1-3H3,(H,41,45)(H,46,47)/p-1/t31-,32-,33+,36-,37+/m0/s1. The van der Waals surface area contributed by atoms with E-state index in [0.29, 0.717) is 49.5 Å². The van der Waals surface area contributed by atoms with Crippen LogP contribution in [0.25, 0.3) is 0 Å². The number of aliphatic hydroxyl groups is 1. The summed E-state index contributed by atoms with van der Waals surface area (Å²) >= 11 is 0. The topological polar surface area (TPSA) is 185 Å². The number of hydrogen-bond donors (Lipinski definition) is 2. The summed E-state index contributed by atoms with van der Waals surface area (Å²) in [4.78, 5) is 26.5. The number of methoxy groups -OCH3 is 1. The molecule has 3 aromatic carbocycles. The maximum absolute atomic E-state index is 14.5. The van der Waals surface area contributed by atoms with Gasteiger partial charge in [0.2, 0.25) is 16.8 Å². The van der Waals surface area contributed by atoms with Crippen LogP contribution < -0.4 is 29.5 Å². The number of ether oxygens (including phenoxy) is 6. The van der Waals surface area contributed by atoms with Crippen LogP contribution in [0, 0.1) is 11.3 Å². The summed E-state index contributed by atoms with van der Waals surface area (Å²) in [5.41, 5.74) is 0.631. The van der Waals surface area contributed by atoms with Crippen molar-refractivity contribution in [3.05, 3.63) is 78.4 Å². The number of amides is 2. The minimum atomic E-state index is -4.25. The second-order valence-electron chi connectivity index (χ2n) is 15.0. The third kappa shape index (κ3) is 10.2. The van der Waals surface area contributed by atoms with Crippen LogP contribution >= 0.6 is 0 Å². The third-order valence-corrected chi connectivity index (χ3v) is 12.2. The number of anilines is 1. The Morgan fingerprint density at radius 2 is 1.77 bits per heavy atom. The molecule has 0 saturated carbocycles. The van der Waals surface area contributed by atoms with Gasteiger partial charge in [-0.25, -0.2) is 13.2 Å². The second kappa shape index (κ2) is 18.1. The lowest BCUT2D eigenvalue weighted by atomic mass is 9.87. The first-order valence-electron chi connectivity index (χ1n) is 18.8. The summed E-state index contributed by atoms with van der Waals surface area (Å²) in [7, 11) is -2.73. The van der Waals surface area contributed by atoms with E-state index >= 15 is 0 Å². The quantitative estimate of drug-likeness (QED) is 0.177.